The fourth-order valence-electron chi connectivity index (χ4n) is 2.02. The number of hydrogen-bond donors (Lipinski definition) is 2. The minimum absolute atomic E-state index is 0.0486. The molecule has 5 nitrogen and oxygen atoms in total. The molecule has 0 fully saturated rings. The average molecular weight is 246 g/mol. The third-order valence-electron chi connectivity index (χ3n) is 2.91. The molecule has 0 aliphatic heterocycles. The Labute approximate surface area is 106 Å². The van der Waals surface area contributed by atoms with Crippen LogP contribution >= 0.6 is 0 Å². The van der Waals surface area contributed by atoms with Crippen LogP contribution in [0, 0.1) is 6.92 Å². The maximum absolute atomic E-state index is 11.0. The number of rotatable bonds is 5. The lowest BCUT2D eigenvalue weighted by atomic mass is 10.3. The Hall–Kier alpha value is -1.88. The highest BCUT2D eigenvalue weighted by Gasteiger charge is 2.05. The normalized spacial score (nSPS) is 10.8. The standard InChI is InChI=1S/C13H18N4O/c1-10-16-11-5-2-3-6-12(11)17(10)8-4-7-15-13(18)9-14/h2-3,5-6H,4,7-9,14H2,1H3,(H,15,18). The number of hydrogen-bond acceptors (Lipinski definition) is 3. The average Bonchev–Trinajstić information content (AvgIpc) is 2.70. The van der Waals surface area contributed by atoms with Crippen LogP contribution in [0.25, 0.3) is 11.0 Å². The van der Waals surface area contributed by atoms with Crippen molar-refractivity contribution in [2.45, 2.75) is 19.9 Å². The Bertz CT molecular complexity index is 547. The molecule has 1 aromatic heterocycles. The Morgan fingerprint density at radius 3 is 3.00 bits per heavy atom. The fraction of sp³-hybridized carbons (Fsp3) is 0.385. The highest BCUT2D eigenvalue weighted by atomic mass is 16.1. The molecule has 0 spiro atoms. The quantitative estimate of drug-likeness (QED) is 0.767. The molecule has 0 radical (unpaired) electrons. The van der Waals surface area contributed by atoms with E-state index in [-0.39, 0.29) is 12.5 Å². The predicted octanol–water partition coefficient (Wildman–Crippen LogP) is 0.810. The number of nitrogens with zero attached hydrogens (tertiary/aromatic N) is 2. The maximum atomic E-state index is 11.0. The zero-order valence-electron chi connectivity index (χ0n) is 10.5. The monoisotopic (exact) mass is 246 g/mol. The molecule has 5 heteroatoms. The van der Waals surface area contributed by atoms with Crippen molar-refractivity contribution >= 4 is 16.9 Å². The first-order valence-electron chi connectivity index (χ1n) is 6.11. The van der Waals surface area contributed by atoms with E-state index in [0.717, 1.165) is 29.8 Å². The van der Waals surface area contributed by atoms with Gasteiger partial charge in [0.2, 0.25) is 5.91 Å². The topological polar surface area (TPSA) is 72.9 Å². The number of carbonyl (C=O) groups is 1. The summed E-state index contributed by atoms with van der Waals surface area (Å²) in [5.74, 6) is 0.892. The summed E-state index contributed by atoms with van der Waals surface area (Å²) in [6.45, 7) is 3.53. The van der Waals surface area contributed by atoms with Crippen LogP contribution in [0.1, 0.15) is 12.2 Å². The molecule has 0 aliphatic rings. The van der Waals surface area contributed by atoms with E-state index in [9.17, 15) is 4.79 Å². The van der Waals surface area contributed by atoms with E-state index in [1.807, 2.05) is 25.1 Å². The van der Waals surface area contributed by atoms with Crippen LogP contribution in [0.2, 0.25) is 0 Å². The highest BCUT2D eigenvalue weighted by molar-refractivity contribution is 5.77. The zero-order chi connectivity index (χ0) is 13.0. The van der Waals surface area contributed by atoms with Crippen molar-refractivity contribution < 1.29 is 4.79 Å². The summed E-state index contributed by atoms with van der Waals surface area (Å²) in [6, 6.07) is 8.07. The molecule has 1 aromatic carbocycles. The molecular weight excluding hydrogens is 228 g/mol. The van der Waals surface area contributed by atoms with Gasteiger partial charge in [-0.2, -0.15) is 0 Å². The van der Waals surface area contributed by atoms with Gasteiger partial charge < -0.3 is 15.6 Å². The zero-order valence-corrected chi connectivity index (χ0v) is 10.5. The van der Waals surface area contributed by atoms with Gasteiger partial charge in [0.25, 0.3) is 0 Å². The van der Waals surface area contributed by atoms with Crippen molar-refractivity contribution in [1.29, 1.82) is 0 Å². The van der Waals surface area contributed by atoms with Crippen LogP contribution in [0.4, 0.5) is 0 Å². The van der Waals surface area contributed by atoms with Crippen molar-refractivity contribution in [2.75, 3.05) is 13.1 Å². The molecule has 0 atom stereocenters. The van der Waals surface area contributed by atoms with Gasteiger partial charge in [0.05, 0.1) is 17.6 Å². The number of nitrogens with one attached hydrogen (secondary N) is 1. The molecule has 96 valence electrons. The van der Waals surface area contributed by atoms with Crippen LogP contribution < -0.4 is 11.1 Å². The van der Waals surface area contributed by atoms with Gasteiger partial charge in [0, 0.05) is 13.1 Å². The molecule has 2 rings (SSSR count). The van der Waals surface area contributed by atoms with Gasteiger partial charge in [-0.3, -0.25) is 4.79 Å². The van der Waals surface area contributed by atoms with Gasteiger partial charge >= 0.3 is 0 Å². The van der Waals surface area contributed by atoms with Gasteiger partial charge in [-0.15, -0.1) is 0 Å². The number of imidazole rings is 1. The predicted molar refractivity (Wildman–Crippen MR) is 71.2 cm³/mol. The van der Waals surface area contributed by atoms with Crippen molar-refractivity contribution in [1.82, 2.24) is 14.9 Å². The van der Waals surface area contributed by atoms with E-state index in [1.54, 1.807) is 0 Å². The van der Waals surface area contributed by atoms with Crippen LogP contribution in [0.3, 0.4) is 0 Å². The van der Waals surface area contributed by atoms with Crippen molar-refractivity contribution in [3.05, 3.63) is 30.1 Å². The lowest BCUT2D eigenvalue weighted by Crippen LogP contribution is -2.31. The van der Waals surface area contributed by atoms with Crippen molar-refractivity contribution in [3.63, 3.8) is 0 Å². The Morgan fingerprint density at radius 2 is 2.22 bits per heavy atom. The SMILES string of the molecule is Cc1nc2ccccc2n1CCCNC(=O)CN. The first kappa shape index (κ1) is 12.6. The number of aromatic nitrogens is 2. The van der Waals surface area contributed by atoms with Crippen molar-refractivity contribution in [3.8, 4) is 0 Å². The van der Waals surface area contributed by atoms with Crippen LogP contribution in [0.5, 0.6) is 0 Å². The fourth-order valence-corrected chi connectivity index (χ4v) is 2.02. The molecule has 2 aromatic rings. The van der Waals surface area contributed by atoms with Gasteiger partial charge in [0.15, 0.2) is 0 Å². The van der Waals surface area contributed by atoms with Crippen LogP contribution in [-0.4, -0.2) is 28.5 Å². The number of benzene rings is 1. The number of aryl methyl sites for hydroxylation is 2. The third kappa shape index (κ3) is 2.68. The van der Waals surface area contributed by atoms with Crippen LogP contribution in [-0.2, 0) is 11.3 Å². The first-order valence-corrected chi connectivity index (χ1v) is 6.11. The summed E-state index contributed by atoms with van der Waals surface area (Å²) < 4.78 is 2.17. The number of nitrogens with two attached hydrogens (primary N) is 1. The molecular formula is C13H18N4O. The van der Waals surface area contributed by atoms with E-state index >= 15 is 0 Å². The molecule has 1 heterocycles. The molecule has 18 heavy (non-hydrogen) atoms. The van der Waals surface area contributed by atoms with E-state index in [4.69, 9.17) is 5.73 Å². The van der Waals surface area contributed by atoms with E-state index in [0.29, 0.717) is 6.54 Å². The molecule has 0 bridgehead atoms. The largest absolute Gasteiger partial charge is 0.355 e. The highest BCUT2D eigenvalue weighted by Crippen LogP contribution is 2.15. The lowest BCUT2D eigenvalue weighted by molar-refractivity contribution is -0.119. The van der Waals surface area contributed by atoms with E-state index < -0.39 is 0 Å². The van der Waals surface area contributed by atoms with Crippen molar-refractivity contribution in [2.24, 2.45) is 5.73 Å². The number of amides is 1. The summed E-state index contributed by atoms with van der Waals surface area (Å²) in [4.78, 5) is 15.5. The molecule has 3 N–H and O–H groups in total. The number of fused-ring (bicyclic) bond motifs is 1. The second kappa shape index (κ2) is 5.64. The summed E-state index contributed by atoms with van der Waals surface area (Å²) in [6.07, 6.45) is 0.868. The third-order valence-corrected chi connectivity index (χ3v) is 2.91. The van der Waals surface area contributed by atoms with E-state index in [1.165, 1.54) is 0 Å². The number of para-hydroxylation sites is 2. The minimum Gasteiger partial charge on any atom is -0.355 e. The Balaban J connectivity index is 1.99. The Kier molecular flexibility index (Phi) is 3.94. The molecule has 0 aliphatic carbocycles. The van der Waals surface area contributed by atoms with Gasteiger partial charge in [-0.25, -0.2) is 4.98 Å². The summed E-state index contributed by atoms with van der Waals surface area (Å²) in [5.41, 5.74) is 7.37. The lowest BCUT2D eigenvalue weighted by Gasteiger charge is -2.07. The van der Waals surface area contributed by atoms with Gasteiger partial charge in [0.1, 0.15) is 5.82 Å². The maximum Gasteiger partial charge on any atom is 0.233 e. The molecule has 0 saturated carbocycles. The van der Waals surface area contributed by atoms with Gasteiger partial charge in [-0.1, -0.05) is 12.1 Å². The molecule has 0 saturated heterocycles. The van der Waals surface area contributed by atoms with E-state index in [2.05, 4.69) is 20.9 Å². The Morgan fingerprint density at radius 1 is 1.44 bits per heavy atom. The molecule has 0 unspecified atom stereocenters. The second-order valence-electron chi connectivity index (χ2n) is 4.21. The number of carbonyl (C=O) groups excluding carboxylic acids is 1. The van der Waals surface area contributed by atoms with Gasteiger partial charge in [-0.05, 0) is 25.5 Å². The minimum atomic E-state index is -0.109. The smallest absolute Gasteiger partial charge is 0.233 e. The summed E-state index contributed by atoms with van der Waals surface area (Å²) in [5, 5.41) is 2.76. The van der Waals surface area contributed by atoms with Crippen LogP contribution in [0.15, 0.2) is 24.3 Å². The second-order valence-corrected chi connectivity index (χ2v) is 4.21. The molecule has 1 amide bonds. The first-order chi connectivity index (χ1) is 8.72. The summed E-state index contributed by atoms with van der Waals surface area (Å²) >= 11 is 0. The summed E-state index contributed by atoms with van der Waals surface area (Å²) in [7, 11) is 0.